The Bertz CT molecular complexity index is 109. The Morgan fingerprint density at radius 1 is 1.44 bits per heavy atom. The molecule has 9 heavy (non-hydrogen) atoms. The maximum atomic E-state index is 5.25. The average molecular weight is 129 g/mol. The Hall–Kier alpha value is -0.0800. The van der Waals surface area contributed by atoms with E-state index in [-0.39, 0.29) is 5.72 Å². The normalized spacial score (nSPS) is 31.0. The van der Waals surface area contributed by atoms with Gasteiger partial charge in [0.25, 0.3) is 0 Å². The summed E-state index contributed by atoms with van der Waals surface area (Å²) in [4.78, 5) is 5.25. The van der Waals surface area contributed by atoms with Crippen molar-refractivity contribution >= 4 is 0 Å². The Morgan fingerprint density at radius 3 is 2.00 bits per heavy atom. The van der Waals surface area contributed by atoms with Gasteiger partial charge in [-0.3, -0.25) is 4.84 Å². The van der Waals surface area contributed by atoms with E-state index in [1.165, 1.54) is 0 Å². The highest BCUT2D eigenvalue weighted by Crippen LogP contribution is 2.33. The largest absolute Gasteiger partial charge is 0.272 e. The summed E-state index contributed by atoms with van der Waals surface area (Å²) in [6.07, 6.45) is 0. The summed E-state index contributed by atoms with van der Waals surface area (Å²) in [6, 6.07) is 0. The molecule has 0 saturated carbocycles. The molecule has 0 aromatic rings. The van der Waals surface area contributed by atoms with Crippen LogP contribution in [-0.2, 0) is 4.84 Å². The van der Waals surface area contributed by atoms with Crippen molar-refractivity contribution in [2.75, 3.05) is 6.54 Å². The van der Waals surface area contributed by atoms with E-state index in [4.69, 9.17) is 4.84 Å². The first kappa shape index (κ1) is 7.03. The van der Waals surface area contributed by atoms with Crippen molar-refractivity contribution < 1.29 is 4.84 Å². The molecule has 0 N–H and O–H groups in total. The van der Waals surface area contributed by atoms with Crippen LogP contribution in [0.15, 0.2) is 0 Å². The van der Waals surface area contributed by atoms with Gasteiger partial charge in [-0.1, -0.05) is 13.8 Å². The van der Waals surface area contributed by atoms with Gasteiger partial charge in [0.2, 0.25) is 0 Å². The maximum absolute atomic E-state index is 5.25. The zero-order valence-electron chi connectivity index (χ0n) is 6.64. The second-order valence-corrected chi connectivity index (χ2v) is 3.49. The second-order valence-electron chi connectivity index (χ2n) is 3.49. The molecule has 2 nitrogen and oxygen atoms in total. The van der Waals surface area contributed by atoms with Crippen molar-refractivity contribution in [3.8, 4) is 0 Å². The summed E-state index contributed by atoms with van der Waals surface area (Å²) in [6.45, 7) is 9.59. The third-order valence-electron chi connectivity index (χ3n) is 1.43. The van der Waals surface area contributed by atoms with E-state index in [0.29, 0.717) is 5.92 Å². The van der Waals surface area contributed by atoms with Crippen molar-refractivity contribution in [3.63, 3.8) is 0 Å². The van der Waals surface area contributed by atoms with E-state index in [2.05, 4.69) is 27.7 Å². The summed E-state index contributed by atoms with van der Waals surface area (Å²) in [5.41, 5.74) is 0.0320. The quantitative estimate of drug-likeness (QED) is 0.526. The molecule has 54 valence electrons. The van der Waals surface area contributed by atoms with Gasteiger partial charge in [-0.05, 0) is 19.8 Å². The zero-order chi connectivity index (χ0) is 7.07. The lowest BCUT2D eigenvalue weighted by Crippen LogP contribution is -2.14. The average Bonchev–Trinajstić information content (AvgIpc) is 2.10. The fourth-order valence-corrected chi connectivity index (χ4v) is 0.838. The second kappa shape index (κ2) is 1.96. The number of nitrogens with zero attached hydrogens (tertiary/aromatic N) is 1. The van der Waals surface area contributed by atoms with Crippen molar-refractivity contribution in [1.82, 2.24) is 5.06 Å². The van der Waals surface area contributed by atoms with Crippen LogP contribution in [0.4, 0.5) is 0 Å². The predicted molar refractivity (Wildman–Crippen MR) is 36.7 cm³/mol. The molecule has 1 atom stereocenters. The SMILES string of the molecule is CC(C)CN1OC1(C)C. The van der Waals surface area contributed by atoms with E-state index in [9.17, 15) is 0 Å². The third-order valence-corrected chi connectivity index (χ3v) is 1.43. The summed E-state index contributed by atoms with van der Waals surface area (Å²) in [7, 11) is 0. The van der Waals surface area contributed by atoms with Gasteiger partial charge in [0.05, 0.1) is 0 Å². The van der Waals surface area contributed by atoms with Crippen LogP contribution in [0.25, 0.3) is 0 Å². The topological polar surface area (TPSA) is 15.5 Å². The van der Waals surface area contributed by atoms with Crippen LogP contribution in [0, 0.1) is 5.92 Å². The first-order valence-corrected chi connectivity index (χ1v) is 3.49. The van der Waals surface area contributed by atoms with Gasteiger partial charge in [-0.2, -0.15) is 5.06 Å². The Labute approximate surface area is 56.8 Å². The lowest BCUT2D eigenvalue weighted by atomic mass is 10.2. The van der Waals surface area contributed by atoms with Crippen molar-refractivity contribution in [2.45, 2.75) is 33.4 Å². The molecule has 2 heteroatoms. The molecule has 1 rings (SSSR count). The van der Waals surface area contributed by atoms with E-state index in [1.54, 1.807) is 0 Å². The Morgan fingerprint density at radius 2 is 1.89 bits per heavy atom. The summed E-state index contributed by atoms with van der Waals surface area (Å²) in [5.74, 6) is 0.701. The lowest BCUT2D eigenvalue weighted by Gasteiger charge is -2.02. The predicted octanol–water partition coefficient (Wildman–Crippen LogP) is 1.63. The Balaban J connectivity index is 2.20. The zero-order valence-corrected chi connectivity index (χ0v) is 6.64. The first-order valence-electron chi connectivity index (χ1n) is 3.49. The van der Waals surface area contributed by atoms with Crippen molar-refractivity contribution in [2.24, 2.45) is 5.92 Å². The molecule has 1 fully saturated rings. The molecule has 0 aromatic heterocycles. The highest BCUT2D eigenvalue weighted by molar-refractivity contribution is 4.76. The molecule has 0 amide bonds. The van der Waals surface area contributed by atoms with Crippen LogP contribution >= 0.6 is 0 Å². The molecule has 0 bridgehead atoms. The molecule has 1 aliphatic heterocycles. The monoisotopic (exact) mass is 129 g/mol. The summed E-state index contributed by atoms with van der Waals surface area (Å²) in [5, 5.41) is 2.01. The third kappa shape index (κ3) is 1.66. The van der Waals surface area contributed by atoms with Crippen LogP contribution in [0.3, 0.4) is 0 Å². The molecule has 0 spiro atoms. The van der Waals surface area contributed by atoms with E-state index >= 15 is 0 Å². The van der Waals surface area contributed by atoms with Crippen LogP contribution in [0.2, 0.25) is 0 Å². The minimum absolute atomic E-state index is 0.0320. The molecule has 1 unspecified atom stereocenters. The van der Waals surface area contributed by atoms with Gasteiger partial charge < -0.3 is 0 Å². The molecule has 1 saturated heterocycles. The Kier molecular flexibility index (Phi) is 1.53. The first-order chi connectivity index (χ1) is 4.02. The van der Waals surface area contributed by atoms with E-state index < -0.39 is 0 Å². The standard InChI is InChI=1S/C7H15NO/c1-6(2)5-8-7(3,4)9-8/h6H,5H2,1-4H3. The van der Waals surface area contributed by atoms with Crippen LogP contribution in [-0.4, -0.2) is 17.3 Å². The molecular weight excluding hydrogens is 114 g/mol. The summed E-state index contributed by atoms with van der Waals surface area (Å²) >= 11 is 0. The number of hydroxylamine groups is 2. The molecule has 1 aliphatic rings. The number of hydrogen-bond acceptors (Lipinski definition) is 2. The highest BCUT2D eigenvalue weighted by atomic mass is 16.9. The minimum atomic E-state index is 0.0320. The number of hydrogen-bond donors (Lipinski definition) is 0. The van der Waals surface area contributed by atoms with E-state index in [1.807, 2.05) is 5.06 Å². The van der Waals surface area contributed by atoms with E-state index in [0.717, 1.165) is 6.54 Å². The van der Waals surface area contributed by atoms with Gasteiger partial charge in [0, 0.05) is 6.54 Å². The van der Waals surface area contributed by atoms with Gasteiger partial charge in [-0.25, -0.2) is 0 Å². The van der Waals surface area contributed by atoms with Gasteiger partial charge in [0.1, 0.15) is 0 Å². The molecule has 1 heterocycles. The highest BCUT2D eigenvalue weighted by Gasteiger charge is 2.45. The van der Waals surface area contributed by atoms with Crippen molar-refractivity contribution in [1.29, 1.82) is 0 Å². The fraction of sp³-hybridized carbons (Fsp3) is 1.00. The molecule has 0 aromatic carbocycles. The van der Waals surface area contributed by atoms with Crippen LogP contribution < -0.4 is 0 Å². The van der Waals surface area contributed by atoms with Gasteiger partial charge in [-0.15, -0.1) is 0 Å². The molecule has 0 radical (unpaired) electrons. The molecule has 0 aliphatic carbocycles. The van der Waals surface area contributed by atoms with Crippen LogP contribution in [0.1, 0.15) is 27.7 Å². The van der Waals surface area contributed by atoms with Crippen molar-refractivity contribution in [3.05, 3.63) is 0 Å². The lowest BCUT2D eigenvalue weighted by molar-refractivity contribution is 0.179. The van der Waals surface area contributed by atoms with Gasteiger partial charge in [0.15, 0.2) is 5.72 Å². The van der Waals surface area contributed by atoms with Gasteiger partial charge >= 0.3 is 0 Å². The van der Waals surface area contributed by atoms with Crippen LogP contribution in [0.5, 0.6) is 0 Å². The fourth-order valence-electron chi connectivity index (χ4n) is 0.838. The smallest absolute Gasteiger partial charge is 0.159 e. The maximum Gasteiger partial charge on any atom is 0.159 e. The molecular formula is C7H15NO. The number of rotatable bonds is 2. The summed E-state index contributed by atoms with van der Waals surface area (Å²) < 4.78 is 0. The minimum Gasteiger partial charge on any atom is -0.272 e.